The molecule has 1 amide bonds. The highest BCUT2D eigenvalue weighted by Gasteiger charge is 2.25. The zero-order valence-electron chi connectivity index (χ0n) is 14.1. The molecular weight excluding hydrogens is 276 g/mol. The van der Waals surface area contributed by atoms with Gasteiger partial charge in [-0.15, -0.1) is 0 Å². The first-order valence-electron chi connectivity index (χ1n) is 8.26. The van der Waals surface area contributed by atoms with Gasteiger partial charge in [-0.1, -0.05) is 19.1 Å². The van der Waals surface area contributed by atoms with Gasteiger partial charge in [-0.2, -0.15) is 0 Å². The Hall–Kier alpha value is -1.55. The summed E-state index contributed by atoms with van der Waals surface area (Å²) in [5.41, 5.74) is 1.07. The van der Waals surface area contributed by atoms with Crippen molar-refractivity contribution in [3.8, 4) is 5.75 Å². The van der Waals surface area contributed by atoms with Gasteiger partial charge in [0.15, 0.2) is 0 Å². The van der Waals surface area contributed by atoms with Crippen LogP contribution in [-0.4, -0.2) is 24.6 Å². The first kappa shape index (κ1) is 16.8. The normalized spacial score (nSPS) is 23.1. The topological polar surface area (TPSA) is 50.4 Å². The summed E-state index contributed by atoms with van der Waals surface area (Å²) in [5, 5.41) is 6.42. The van der Waals surface area contributed by atoms with E-state index in [4.69, 9.17) is 4.74 Å². The van der Waals surface area contributed by atoms with Crippen LogP contribution in [0.1, 0.15) is 52.1 Å². The molecule has 122 valence electrons. The van der Waals surface area contributed by atoms with E-state index >= 15 is 0 Å². The van der Waals surface area contributed by atoms with Gasteiger partial charge in [-0.3, -0.25) is 4.79 Å². The number of nitrogens with one attached hydrogen (secondary N) is 2. The van der Waals surface area contributed by atoms with Crippen LogP contribution in [0.25, 0.3) is 0 Å². The van der Waals surface area contributed by atoms with E-state index in [1.165, 1.54) is 0 Å². The predicted molar refractivity (Wildman–Crippen MR) is 89.0 cm³/mol. The van der Waals surface area contributed by atoms with E-state index in [0.29, 0.717) is 5.92 Å². The van der Waals surface area contributed by atoms with Gasteiger partial charge in [0.2, 0.25) is 5.91 Å². The zero-order chi connectivity index (χ0) is 16.1. The van der Waals surface area contributed by atoms with Gasteiger partial charge < -0.3 is 15.4 Å². The molecule has 1 aromatic carbocycles. The fourth-order valence-corrected chi connectivity index (χ4v) is 2.83. The van der Waals surface area contributed by atoms with Crippen molar-refractivity contribution in [3.63, 3.8) is 0 Å². The van der Waals surface area contributed by atoms with Crippen molar-refractivity contribution in [1.82, 2.24) is 10.6 Å². The van der Waals surface area contributed by atoms with E-state index in [-0.39, 0.29) is 24.1 Å². The Labute approximate surface area is 133 Å². The van der Waals surface area contributed by atoms with Gasteiger partial charge in [0.25, 0.3) is 0 Å². The summed E-state index contributed by atoms with van der Waals surface area (Å²) >= 11 is 0. The lowest BCUT2D eigenvalue weighted by Gasteiger charge is -2.28. The van der Waals surface area contributed by atoms with Gasteiger partial charge in [0, 0.05) is 0 Å². The molecule has 2 N–H and O–H groups in total. The second-order valence-electron chi connectivity index (χ2n) is 6.61. The minimum Gasteiger partial charge on any atom is -0.491 e. The monoisotopic (exact) mass is 304 g/mol. The summed E-state index contributed by atoms with van der Waals surface area (Å²) in [4.78, 5) is 12.4. The lowest BCUT2D eigenvalue weighted by atomic mass is 9.93. The van der Waals surface area contributed by atoms with Crippen LogP contribution in [0.4, 0.5) is 0 Å². The van der Waals surface area contributed by atoms with E-state index in [9.17, 15) is 4.79 Å². The molecule has 0 spiro atoms. The van der Waals surface area contributed by atoms with E-state index in [0.717, 1.165) is 30.7 Å². The van der Waals surface area contributed by atoms with Crippen LogP contribution in [-0.2, 0) is 4.79 Å². The zero-order valence-corrected chi connectivity index (χ0v) is 14.1. The average Bonchev–Trinajstić information content (AvgIpc) is 2.46. The number of amides is 1. The Bertz CT molecular complexity index is 502. The summed E-state index contributed by atoms with van der Waals surface area (Å²) in [7, 11) is 0. The summed E-state index contributed by atoms with van der Waals surface area (Å²) in [6.45, 7) is 9.16. The van der Waals surface area contributed by atoms with Gasteiger partial charge in [-0.25, -0.2) is 0 Å². The minimum atomic E-state index is -0.0682. The molecule has 22 heavy (non-hydrogen) atoms. The van der Waals surface area contributed by atoms with Crippen LogP contribution >= 0.6 is 0 Å². The second kappa shape index (κ2) is 7.63. The molecule has 0 aromatic heterocycles. The van der Waals surface area contributed by atoms with E-state index in [2.05, 4.69) is 17.6 Å². The summed E-state index contributed by atoms with van der Waals surface area (Å²) in [5.74, 6) is 1.54. The third-order valence-corrected chi connectivity index (χ3v) is 4.07. The Kier molecular flexibility index (Phi) is 5.83. The summed E-state index contributed by atoms with van der Waals surface area (Å²) in [6, 6.07) is 7.85. The fourth-order valence-electron chi connectivity index (χ4n) is 2.83. The van der Waals surface area contributed by atoms with Crippen LogP contribution in [0.3, 0.4) is 0 Å². The lowest BCUT2D eigenvalue weighted by Crippen LogP contribution is -2.48. The van der Waals surface area contributed by atoms with Gasteiger partial charge >= 0.3 is 0 Å². The quantitative estimate of drug-likeness (QED) is 0.879. The number of piperidine rings is 1. The van der Waals surface area contributed by atoms with Crippen molar-refractivity contribution in [1.29, 1.82) is 0 Å². The number of hydrogen-bond acceptors (Lipinski definition) is 3. The van der Waals surface area contributed by atoms with Crippen LogP contribution < -0.4 is 15.4 Å². The molecule has 1 aliphatic rings. The van der Waals surface area contributed by atoms with Crippen molar-refractivity contribution in [2.24, 2.45) is 5.92 Å². The molecule has 0 radical (unpaired) electrons. The third kappa shape index (κ3) is 4.73. The Balaban J connectivity index is 1.96. The van der Waals surface area contributed by atoms with Crippen molar-refractivity contribution in [2.75, 3.05) is 6.54 Å². The molecule has 2 rings (SSSR count). The molecule has 1 aliphatic heterocycles. The van der Waals surface area contributed by atoms with Gasteiger partial charge in [0.1, 0.15) is 5.75 Å². The summed E-state index contributed by atoms with van der Waals surface area (Å²) < 4.78 is 5.72. The molecule has 3 unspecified atom stereocenters. The number of ether oxygens (including phenoxy) is 1. The number of hydrogen-bond donors (Lipinski definition) is 2. The Morgan fingerprint density at radius 3 is 2.82 bits per heavy atom. The maximum absolute atomic E-state index is 12.4. The molecule has 0 aliphatic carbocycles. The van der Waals surface area contributed by atoms with Crippen LogP contribution in [0.2, 0.25) is 0 Å². The highest BCUT2D eigenvalue weighted by atomic mass is 16.5. The maximum atomic E-state index is 12.4. The Morgan fingerprint density at radius 1 is 1.36 bits per heavy atom. The molecular formula is C18H28N2O2. The van der Waals surface area contributed by atoms with Gasteiger partial charge in [0.05, 0.1) is 18.2 Å². The smallest absolute Gasteiger partial charge is 0.237 e. The van der Waals surface area contributed by atoms with Gasteiger partial charge in [-0.05, 0) is 63.8 Å². The molecule has 4 nitrogen and oxygen atoms in total. The largest absolute Gasteiger partial charge is 0.491 e. The second-order valence-corrected chi connectivity index (χ2v) is 6.61. The molecule has 1 heterocycles. The van der Waals surface area contributed by atoms with E-state index in [1.807, 2.05) is 45.0 Å². The molecule has 1 aromatic rings. The van der Waals surface area contributed by atoms with Crippen LogP contribution in [0.15, 0.2) is 24.3 Å². The first-order valence-corrected chi connectivity index (χ1v) is 8.26. The number of benzene rings is 1. The molecule has 4 heteroatoms. The highest BCUT2D eigenvalue weighted by Crippen LogP contribution is 2.21. The number of carbonyl (C=O) groups is 1. The Morgan fingerprint density at radius 2 is 2.14 bits per heavy atom. The van der Waals surface area contributed by atoms with Crippen molar-refractivity contribution < 1.29 is 9.53 Å². The SMILES string of the molecule is CC1CCNC(C(=O)NC(C)c2cccc(OC(C)C)c2)C1. The lowest BCUT2D eigenvalue weighted by molar-refractivity contribution is -0.124. The summed E-state index contributed by atoms with van der Waals surface area (Å²) in [6.07, 6.45) is 2.20. The first-order chi connectivity index (χ1) is 10.5. The third-order valence-electron chi connectivity index (χ3n) is 4.07. The molecule has 1 saturated heterocycles. The van der Waals surface area contributed by atoms with Crippen LogP contribution in [0.5, 0.6) is 5.75 Å². The van der Waals surface area contributed by atoms with Crippen LogP contribution in [0, 0.1) is 5.92 Å². The predicted octanol–water partition coefficient (Wildman–Crippen LogP) is 3.04. The molecule has 3 atom stereocenters. The fraction of sp³-hybridized carbons (Fsp3) is 0.611. The maximum Gasteiger partial charge on any atom is 0.237 e. The molecule has 0 bridgehead atoms. The van der Waals surface area contributed by atoms with E-state index < -0.39 is 0 Å². The van der Waals surface area contributed by atoms with Crippen molar-refractivity contribution in [3.05, 3.63) is 29.8 Å². The minimum absolute atomic E-state index is 0.0257. The van der Waals surface area contributed by atoms with E-state index in [1.54, 1.807) is 0 Å². The molecule has 1 fully saturated rings. The molecule has 0 saturated carbocycles. The highest BCUT2D eigenvalue weighted by molar-refractivity contribution is 5.82. The number of carbonyl (C=O) groups excluding carboxylic acids is 1. The van der Waals surface area contributed by atoms with Crippen molar-refractivity contribution in [2.45, 2.75) is 58.7 Å². The van der Waals surface area contributed by atoms with Crippen molar-refractivity contribution >= 4 is 5.91 Å². The number of rotatable bonds is 5. The standard InChI is InChI=1S/C18H28N2O2/c1-12(2)22-16-7-5-6-15(11-16)14(4)20-18(21)17-10-13(3)8-9-19-17/h5-7,11-14,17,19H,8-10H2,1-4H3,(H,20,21). The average molecular weight is 304 g/mol.